The predicted molar refractivity (Wildman–Crippen MR) is 135 cm³/mol. The Bertz CT molecular complexity index is 990. The minimum atomic E-state index is -0.327. The van der Waals surface area contributed by atoms with Crippen LogP contribution in [0.4, 0.5) is 11.4 Å². The van der Waals surface area contributed by atoms with Crippen LogP contribution >= 0.6 is 35.4 Å². The Hall–Kier alpha value is -2.35. The van der Waals surface area contributed by atoms with E-state index in [-0.39, 0.29) is 16.9 Å². The van der Waals surface area contributed by atoms with Gasteiger partial charge in [0.1, 0.15) is 0 Å². The second kappa shape index (κ2) is 11.0. The molecule has 0 aromatic heterocycles. The first-order valence-electron chi connectivity index (χ1n) is 10.4. The SMILES string of the molecule is CC(C)CC(=O)N1CCN(c2ccc(NC(=S)NC(=O)c3ccc(Cl)cc3)cc2Cl)CC1. The molecule has 1 aliphatic heterocycles. The van der Waals surface area contributed by atoms with Crippen molar-refractivity contribution in [3.63, 3.8) is 0 Å². The van der Waals surface area contributed by atoms with Crippen molar-refractivity contribution in [2.24, 2.45) is 5.92 Å². The van der Waals surface area contributed by atoms with E-state index in [1.807, 2.05) is 17.0 Å². The molecule has 2 amide bonds. The Morgan fingerprint density at radius 3 is 2.28 bits per heavy atom. The van der Waals surface area contributed by atoms with Crippen LogP contribution in [0, 0.1) is 5.92 Å². The first-order valence-corrected chi connectivity index (χ1v) is 11.6. The Balaban J connectivity index is 1.55. The molecule has 0 bridgehead atoms. The number of carbonyl (C=O) groups excluding carboxylic acids is 2. The molecule has 0 spiro atoms. The van der Waals surface area contributed by atoms with Crippen LogP contribution in [0.25, 0.3) is 0 Å². The summed E-state index contributed by atoms with van der Waals surface area (Å²) < 4.78 is 0. The van der Waals surface area contributed by atoms with Crippen LogP contribution in [-0.4, -0.2) is 48.0 Å². The molecule has 9 heteroatoms. The molecule has 2 aromatic rings. The normalized spacial score (nSPS) is 13.8. The number of hydrogen-bond donors (Lipinski definition) is 2. The van der Waals surface area contributed by atoms with E-state index < -0.39 is 0 Å². The van der Waals surface area contributed by atoms with Gasteiger partial charge >= 0.3 is 0 Å². The van der Waals surface area contributed by atoms with Crippen LogP contribution < -0.4 is 15.5 Å². The van der Waals surface area contributed by atoms with Gasteiger partial charge in [-0.05, 0) is 60.6 Å². The fraction of sp³-hybridized carbons (Fsp3) is 0.348. The summed E-state index contributed by atoms with van der Waals surface area (Å²) >= 11 is 17.6. The highest BCUT2D eigenvalue weighted by molar-refractivity contribution is 7.80. The molecule has 0 aliphatic carbocycles. The number of hydrogen-bond acceptors (Lipinski definition) is 4. The summed E-state index contributed by atoms with van der Waals surface area (Å²) in [6.07, 6.45) is 0.579. The van der Waals surface area contributed by atoms with Gasteiger partial charge in [-0.15, -0.1) is 0 Å². The van der Waals surface area contributed by atoms with Crippen molar-refractivity contribution >= 4 is 63.7 Å². The molecule has 1 fully saturated rings. The molecule has 6 nitrogen and oxygen atoms in total. The van der Waals surface area contributed by atoms with E-state index in [9.17, 15) is 9.59 Å². The quantitative estimate of drug-likeness (QED) is 0.586. The first kappa shape index (κ1) is 24.3. The molecular weight excluding hydrogens is 467 g/mol. The second-order valence-electron chi connectivity index (χ2n) is 8.05. The molecule has 1 heterocycles. The maximum absolute atomic E-state index is 12.3. The van der Waals surface area contributed by atoms with Gasteiger partial charge in [0.15, 0.2) is 5.11 Å². The molecule has 3 rings (SSSR count). The lowest BCUT2D eigenvalue weighted by Gasteiger charge is -2.37. The average molecular weight is 493 g/mol. The minimum absolute atomic E-state index is 0.172. The molecule has 1 aliphatic rings. The number of nitrogens with one attached hydrogen (secondary N) is 2. The number of anilines is 2. The molecule has 0 atom stereocenters. The number of benzene rings is 2. The largest absolute Gasteiger partial charge is 0.367 e. The highest BCUT2D eigenvalue weighted by atomic mass is 35.5. The van der Waals surface area contributed by atoms with Gasteiger partial charge in [0.05, 0.1) is 10.7 Å². The number of rotatable bonds is 5. The van der Waals surface area contributed by atoms with Gasteiger partial charge in [0.2, 0.25) is 5.91 Å². The summed E-state index contributed by atoms with van der Waals surface area (Å²) in [5, 5.41) is 6.92. The van der Waals surface area contributed by atoms with Gasteiger partial charge in [0.25, 0.3) is 5.91 Å². The Kier molecular flexibility index (Phi) is 8.34. The van der Waals surface area contributed by atoms with Gasteiger partial charge < -0.3 is 15.1 Å². The number of amides is 2. The van der Waals surface area contributed by atoms with Crippen molar-refractivity contribution in [2.75, 3.05) is 36.4 Å². The van der Waals surface area contributed by atoms with Crippen molar-refractivity contribution < 1.29 is 9.59 Å². The number of piperazine rings is 1. The summed E-state index contributed by atoms with van der Waals surface area (Å²) in [5.41, 5.74) is 2.04. The molecule has 0 unspecified atom stereocenters. The zero-order valence-electron chi connectivity index (χ0n) is 18.0. The summed E-state index contributed by atoms with van der Waals surface area (Å²) in [6, 6.07) is 12.1. The topological polar surface area (TPSA) is 64.7 Å². The van der Waals surface area contributed by atoms with Crippen LogP contribution in [0.2, 0.25) is 10.0 Å². The maximum Gasteiger partial charge on any atom is 0.257 e. The van der Waals surface area contributed by atoms with Gasteiger partial charge in [-0.3, -0.25) is 14.9 Å². The van der Waals surface area contributed by atoms with Gasteiger partial charge in [0, 0.05) is 48.9 Å². The van der Waals surface area contributed by atoms with E-state index in [4.69, 9.17) is 35.4 Å². The molecule has 0 saturated carbocycles. The first-order chi connectivity index (χ1) is 15.2. The molecule has 170 valence electrons. The fourth-order valence-corrected chi connectivity index (χ4v) is 4.09. The van der Waals surface area contributed by atoms with Crippen molar-refractivity contribution in [2.45, 2.75) is 20.3 Å². The van der Waals surface area contributed by atoms with Crippen LogP contribution in [0.1, 0.15) is 30.6 Å². The van der Waals surface area contributed by atoms with E-state index in [1.165, 1.54) is 0 Å². The van der Waals surface area contributed by atoms with Crippen LogP contribution in [0.5, 0.6) is 0 Å². The Labute approximate surface area is 203 Å². The van der Waals surface area contributed by atoms with Crippen LogP contribution in [-0.2, 0) is 4.79 Å². The lowest BCUT2D eigenvalue weighted by molar-refractivity contribution is -0.132. The van der Waals surface area contributed by atoms with E-state index >= 15 is 0 Å². The Morgan fingerprint density at radius 2 is 1.69 bits per heavy atom. The minimum Gasteiger partial charge on any atom is -0.367 e. The fourth-order valence-electron chi connectivity index (χ4n) is 3.46. The standard InChI is InChI=1S/C23H26Cl2N4O2S/c1-15(2)13-21(30)29-11-9-28(10-12-29)20-8-7-18(14-19(20)25)26-23(32)27-22(31)16-3-5-17(24)6-4-16/h3-8,14-15H,9-13H2,1-2H3,(H2,26,27,31,32). The predicted octanol–water partition coefficient (Wildman–Crippen LogP) is 4.81. The van der Waals surface area contributed by atoms with E-state index in [0.717, 1.165) is 18.8 Å². The Morgan fingerprint density at radius 1 is 1.03 bits per heavy atom. The van der Waals surface area contributed by atoms with Gasteiger partial charge in [-0.25, -0.2) is 0 Å². The van der Waals surface area contributed by atoms with Crippen LogP contribution in [0.15, 0.2) is 42.5 Å². The van der Waals surface area contributed by atoms with Crippen molar-refractivity contribution in [1.29, 1.82) is 0 Å². The third-order valence-corrected chi connectivity index (χ3v) is 5.85. The number of halogens is 2. The van der Waals surface area contributed by atoms with Crippen molar-refractivity contribution in [3.05, 3.63) is 58.1 Å². The van der Waals surface area contributed by atoms with E-state index in [0.29, 0.717) is 46.7 Å². The van der Waals surface area contributed by atoms with Gasteiger partial charge in [-0.2, -0.15) is 0 Å². The highest BCUT2D eigenvalue weighted by Crippen LogP contribution is 2.30. The maximum atomic E-state index is 12.3. The van der Waals surface area contributed by atoms with Crippen molar-refractivity contribution in [1.82, 2.24) is 10.2 Å². The number of thiocarbonyl (C=S) groups is 1. The molecule has 2 N–H and O–H groups in total. The second-order valence-corrected chi connectivity index (χ2v) is 9.30. The zero-order valence-corrected chi connectivity index (χ0v) is 20.4. The lowest BCUT2D eigenvalue weighted by Crippen LogP contribution is -2.49. The summed E-state index contributed by atoms with van der Waals surface area (Å²) in [4.78, 5) is 28.6. The van der Waals surface area contributed by atoms with Crippen LogP contribution in [0.3, 0.4) is 0 Å². The van der Waals surface area contributed by atoms with Crippen molar-refractivity contribution in [3.8, 4) is 0 Å². The molecule has 2 aromatic carbocycles. The molecule has 1 saturated heterocycles. The zero-order chi connectivity index (χ0) is 23.3. The van der Waals surface area contributed by atoms with E-state index in [2.05, 4.69) is 29.4 Å². The molecular formula is C23H26Cl2N4O2S. The number of carbonyl (C=O) groups is 2. The highest BCUT2D eigenvalue weighted by Gasteiger charge is 2.23. The lowest BCUT2D eigenvalue weighted by atomic mass is 10.1. The summed E-state index contributed by atoms with van der Waals surface area (Å²) in [5.74, 6) is 0.239. The number of nitrogens with zero attached hydrogens (tertiary/aromatic N) is 2. The van der Waals surface area contributed by atoms with Gasteiger partial charge in [-0.1, -0.05) is 37.0 Å². The third-order valence-electron chi connectivity index (χ3n) is 5.09. The average Bonchev–Trinajstić information content (AvgIpc) is 2.74. The summed E-state index contributed by atoms with van der Waals surface area (Å²) in [7, 11) is 0. The van der Waals surface area contributed by atoms with E-state index in [1.54, 1.807) is 30.3 Å². The molecule has 0 radical (unpaired) electrons. The monoisotopic (exact) mass is 492 g/mol. The third kappa shape index (κ3) is 6.58. The smallest absolute Gasteiger partial charge is 0.257 e. The molecule has 32 heavy (non-hydrogen) atoms. The summed E-state index contributed by atoms with van der Waals surface area (Å²) in [6.45, 7) is 6.93.